The average Bonchev–Trinajstić information content (AvgIpc) is 3.13. The molecule has 2 heterocycles. The van der Waals surface area contributed by atoms with Gasteiger partial charge in [-0.2, -0.15) is 0 Å². The fourth-order valence-corrected chi connectivity index (χ4v) is 3.54. The Morgan fingerprint density at radius 2 is 1.96 bits per heavy atom. The lowest BCUT2D eigenvalue weighted by Gasteiger charge is -2.11. The predicted octanol–water partition coefficient (Wildman–Crippen LogP) is 4.55. The lowest BCUT2D eigenvalue weighted by atomic mass is 10.3. The molecule has 0 amide bonds. The molecule has 0 aliphatic rings. The van der Waals surface area contributed by atoms with Crippen LogP contribution in [0.15, 0.2) is 66.0 Å². The maximum absolute atomic E-state index is 11.7. The molecule has 2 aromatic heterocycles. The van der Waals surface area contributed by atoms with Crippen molar-refractivity contribution in [2.45, 2.75) is 4.90 Å². The molecule has 0 saturated carbocycles. The number of aromatic nitrogens is 3. The third kappa shape index (κ3) is 3.78. The van der Waals surface area contributed by atoms with Crippen LogP contribution in [0.2, 0.25) is 5.02 Å². The van der Waals surface area contributed by atoms with E-state index in [-0.39, 0.29) is 4.90 Å². The normalized spacial score (nSPS) is 11.5. The van der Waals surface area contributed by atoms with Crippen molar-refractivity contribution in [1.29, 1.82) is 0 Å². The van der Waals surface area contributed by atoms with Gasteiger partial charge in [-0.15, -0.1) is 0 Å². The first-order valence-corrected chi connectivity index (χ1v) is 10.5. The van der Waals surface area contributed by atoms with Gasteiger partial charge in [-0.25, -0.2) is 18.4 Å². The van der Waals surface area contributed by atoms with Gasteiger partial charge < -0.3 is 15.0 Å². The maximum atomic E-state index is 11.7. The zero-order valence-corrected chi connectivity index (χ0v) is 16.3. The second-order valence-corrected chi connectivity index (χ2v) is 8.50. The van der Waals surface area contributed by atoms with Crippen LogP contribution in [-0.4, -0.2) is 29.6 Å². The molecule has 0 aliphatic heterocycles. The number of nitrogens with one attached hydrogen (secondary N) is 2. The van der Waals surface area contributed by atoms with Gasteiger partial charge >= 0.3 is 0 Å². The van der Waals surface area contributed by atoms with E-state index in [1.165, 1.54) is 18.5 Å². The third-order valence-corrected chi connectivity index (χ3v) is 5.41. The summed E-state index contributed by atoms with van der Waals surface area (Å²) in [5.74, 6) is 1.42. The van der Waals surface area contributed by atoms with E-state index in [0.717, 1.165) is 23.0 Å². The predicted molar refractivity (Wildman–Crippen MR) is 108 cm³/mol. The molecule has 2 aromatic carbocycles. The van der Waals surface area contributed by atoms with Gasteiger partial charge in [0.2, 0.25) is 0 Å². The Kier molecular flexibility index (Phi) is 4.66. The topological polar surface area (TPSA) is 97.0 Å². The number of aromatic amines is 1. The van der Waals surface area contributed by atoms with Crippen LogP contribution < -0.4 is 10.1 Å². The molecule has 0 radical (unpaired) electrons. The Bertz CT molecular complexity index is 1270. The average molecular weight is 415 g/mol. The van der Waals surface area contributed by atoms with Gasteiger partial charge in [0.15, 0.2) is 15.7 Å². The highest BCUT2D eigenvalue weighted by molar-refractivity contribution is 7.90. The molecule has 142 valence electrons. The molecule has 0 bridgehead atoms. The molecular weight excluding hydrogens is 400 g/mol. The summed E-state index contributed by atoms with van der Waals surface area (Å²) in [6.07, 6.45) is 4.42. The highest BCUT2D eigenvalue weighted by Gasteiger charge is 2.11. The number of nitrogens with zero attached hydrogens (tertiary/aromatic N) is 2. The van der Waals surface area contributed by atoms with Gasteiger partial charge in [0.25, 0.3) is 0 Å². The molecule has 0 aliphatic carbocycles. The van der Waals surface area contributed by atoms with E-state index < -0.39 is 9.84 Å². The lowest BCUT2D eigenvalue weighted by molar-refractivity contribution is 0.481. The van der Waals surface area contributed by atoms with Crippen molar-refractivity contribution >= 4 is 44.0 Å². The van der Waals surface area contributed by atoms with E-state index in [4.69, 9.17) is 16.3 Å². The van der Waals surface area contributed by atoms with Gasteiger partial charge in [-0.3, -0.25) is 0 Å². The van der Waals surface area contributed by atoms with Crippen molar-refractivity contribution in [2.75, 3.05) is 11.6 Å². The summed E-state index contributed by atoms with van der Waals surface area (Å²) in [6, 6.07) is 13.3. The number of rotatable bonds is 5. The molecule has 4 aromatic rings. The SMILES string of the molecule is CS(=O)(=O)c1cccc(Oc2ccc(Nc3ncnc4cc[nH]c34)cc2Cl)c1. The first-order chi connectivity index (χ1) is 13.4. The molecule has 28 heavy (non-hydrogen) atoms. The van der Waals surface area contributed by atoms with Crippen molar-refractivity contribution in [3.63, 3.8) is 0 Å². The van der Waals surface area contributed by atoms with E-state index in [0.29, 0.717) is 22.3 Å². The van der Waals surface area contributed by atoms with Gasteiger partial charge in [0.05, 0.1) is 15.4 Å². The number of hydrogen-bond acceptors (Lipinski definition) is 6. The fraction of sp³-hybridized carbons (Fsp3) is 0.0526. The zero-order chi connectivity index (χ0) is 19.7. The largest absolute Gasteiger partial charge is 0.456 e. The number of fused-ring (bicyclic) bond motifs is 1. The van der Waals surface area contributed by atoms with E-state index >= 15 is 0 Å². The van der Waals surface area contributed by atoms with Gasteiger partial charge in [-0.1, -0.05) is 17.7 Å². The second-order valence-electron chi connectivity index (χ2n) is 6.08. The third-order valence-electron chi connectivity index (χ3n) is 4.00. The highest BCUT2D eigenvalue weighted by atomic mass is 35.5. The van der Waals surface area contributed by atoms with Crippen molar-refractivity contribution in [2.24, 2.45) is 0 Å². The number of anilines is 2. The lowest BCUT2D eigenvalue weighted by Crippen LogP contribution is -1.97. The van der Waals surface area contributed by atoms with E-state index in [1.54, 1.807) is 36.5 Å². The standard InChI is InChI=1S/C19H15ClN4O3S/c1-28(25,26)14-4-2-3-13(10-14)27-17-6-5-12(9-15(17)20)24-19-18-16(7-8-21-18)22-11-23-19/h2-11,21H,1H3,(H,22,23,24). The highest BCUT2D eigenvalue weighted by Crippen LogP contribution is 2.33. The smallest absolute Gasteiger partial charge is 0.175 e. The molecule has 4 rings (SSSR count). The van der Waals surface area contributed by atoms with Crippen LogP contribution in [0.4, 0.5) is 11.5 Å². The molecule has 0 unspecified atom stereocenters. The molecule has 0 saturated heterocycles. The monoisotopic (exact) mass is 414 g/mol. The molecule has 0 spiro atoms. The number of hydrogen-bond donors (Lipinski definition) is 2. The molecule has 9 heteroatoms. The number of sulfone groups is 1. The van der Waals surface area contributed by atoms with Gasteiger partial charge in [0, 0.05) is 18.1 Å². The van der Waals surface area contributed by atoms with Crippen LogP contribution in [-0.2, 0) is 9.84 Å². The fourth-order valence-electron chi connectivity index (χ4n) is 2.66. The first kappa shape index (κ1) is 18.3. The van der Waals surface area contributed by atoms with E-state index in [1.807, 2.05) is 6.07 Å². The van der Waals surface area contributed by atoms with Crippen LogP contribution >= 0.6 is 11.6 Å². The van der Waals surface area contributed by atoms with Crippen LogP contribution in [0.3, 0.4) is 0 Å². The van der Waals surface area contributed by atoms with E-state index in [9.17, 15) is 8.42 Å². The number of H-pyrrole nitrogens is 1. The Morgan fingerprint density at radius 3 is 2.75 bits per heavy atom. The summed E-state index contributed by atoms with van der Waals surface area (Å²) in [4.78, 5) is 11.7. The summed E-state index contributed by atoms with van der Waals surface area (Å²) in [5.41, 5.74) is 2.31. The van der Waals surface area contributed by atoms with Crippen LogP contribution in [0.25, 0.3) is 11.0 Å². The minimum absolute atomic E-state index is 0.179. The minimum atomic E-state index is -3.32. The first-order valence-electron chi connectivity index (χ1n) is 8.23. The molecule has 2 N–H and O–H groups in total. The zero-order valence-electron chi connectivity index (χ0n) is 14.7. The quantitative estimate of drug-likeness (QED) is 0.497. The van der Waals surface area contributed by atoms with Crippen LogP contribution in [0.1, 0.15) is 0 Å². The molecular formula is C19H15ClN4O3S. The van der Waals surface area contributed by atoms with Crippen LogP contribution in [0.5, 0.6) is 11.5 Å². The summed E-state index contributed by atoms with van der Waals surface area (Å²) < 4.78 is 29.1. The van der Waals surface area contributed by atoms with Crippen molar-refractivity contribution in [1.82, 2.24) is 15.0 Å². The van der Waals surface area contributed by atoms with Crippen molar-refractivity contribution in [3.05, 3.63) is 66.1 Å². The van der Waals surface area contributed by atoms with Crippen molar-refractivity contribution < 1.29 is 13.2 Å². The Morgan fingerprint density at radius 1 is 1.11 bits per heavy atom. The summed E-state index contributed by atoms with van der Waals surface area (Å²) in [6.45, 7) is 0. The number of halogens is 1. The second kappa shape index (κ2) is 7.14. The van der Waals surface area contributed by atoms with E-state index in [2.05, 4.69) is 20.3 Å². The molecule has 7 nitrogen and oxygen atoms in total. The Balaban J connectivity index is 1.58. The summed E-state index contributed by atoms with van der Waals surface area (Å²) in [5, 5.41) is 3.56. The Hall–Kier alpha value is -3.10. The molecule has 0 atom stereocenters. The van der Waals surface area contributed by atoms with Crippen LogP contribution in [0, 0.1) is 0 Å². The van der Waals surface area contributed by atoms with Gasteiger partial charge in [-0.05, 0) is 42.5 Å². The summed E-state index contributed by atoms with van der Waals surface area (Å²) in [7, 11) is -3.32. The number of benzene rings is 2. The van der Waals surface area contributed by atoms with Gasteiger partial charge in [0.1, 0.15) is 23.3 Å². The Labute approximate surface area is 166 Å². The number of ether oxygens (including phenoxy) is 1. The molecule has 0 fully saturated rings. The summed E-state index contributed by atoms with van der Waals surface area (Å²) >= 11 is 6.35. The maximum Gasteiger partial charge on any atom is 0.175 e. The minimum Gasteiger partial charge on any atom is -0.456 e. The van der Waals surface area contributed by atoms with Crippen molar-refractivity contribution in [3.8, 4) is 11.5 Å².